The molecule has 0 saturated carbocycles. The van der Waals surface area contributed by atoms with Gasteiger partial charge in [-0.15, -0.1) is 0 Å². The highest BCUT2D eigenvalue weighted by Gasteiger charge is 2.22. The molecule has 3 rings (SSSR count). The van der Waals surface area contributed by atoms with Crippen LogP contribution in [0.1, 0.15) is 11.1 Å². The topological polar surface area (TPSA) is 81.3 Å². The zero-order valence-corrected chi connectivity index (χ0v) is 14.8. The van der Waals surface area contributed by atoms with Gasteiger partial charge in [0.25, 0.3) is 10.0 Å². The van der Waals surface area contributed by atoms with Crippen molar-refractivity contribution >= 4 is 38.4 Å². The number of aromatic nitrogens is 1. The number of hydrogen-bond acceptors (Lipinski definition) is 4. The molecule has 0 bridgehead atoms. The van der Waals surface area contributed by atoms with Crippen molar-refractivity contribution < 1.29 is 12.8 Å². The van der Waals surface area contributed by atoms with Gasteiger partial charge in [0.15, 0.2) is 5.58 Å². The molecule has 1 heterocycles. The molecular formula is C16H15ClN2O4S. The van der Waals surface area contributed by atoms with Gasteiger partial charge in [0, 0.05) is 13.1 Å². The third-order valence-corrected chi connectivity index (χ3v) is 5.67. The van der Waals surface area contributed by atoms with Gasteiger partial charge in [0.1, 0.15) is 4.90 Å². The van der Waals surface area contributed by atoms with Crippen LogP contribution in [0.2, 0.25) is 5.02 Å². The lowest BCUT2D eigenvalue weighted by Crippen LogP contribution is -2.15. The zero-order valence-electron chi connectivity index (χ0n) is 13.3. The fourth-order valence-corrected chi connectivity index (χ4v) is 4.24. The molecule has 24 heavy (non-hydrogen) atoms. The Balaban J connectivity index is 2.15. The number of benzene rings is 2. The molecule has 0 fully saturated rings. The van der Waals surface area contributed by atoms with E-state index in [2.05, 4.69) is 4.72 Å². The first kappa shape index (κ1) is 16.6. The SMILES string of the molecule is Cc1cccc(C)c1NS(=O)(=O)c1cc2oc(=O)n(C)c2cc1Cl. The molecule has 2 aromatic carbocycles. The molecule has 0 unspecified atom stereocenters. The van der Waals surface area contributed by atoms with Crippen molar-refractivity contribution in [2.75, 3.05) is 4.72 Å². The van der Waals surface area contributed by atoms with E-state index in [4.69, 9.17) is 16.0 Å². The number of hydrogen-bond donors (Lipinski definition) is 1. The van der Waals surface area contributed by atoms with Gasteiger partial charge in [-0.2, -0.15) is 0 Å². The van der Waals surface area contributed by atoms with E-state index in [9.17, 15) is 13.2 Å². The number of nitrogens with zero attached hydrogens (tertiary/aromatic N) is 1. The van der Waals surface area contributed by atoms with E-state index in [0.717, 1.165) is 11.1 Å². The summed E-state index contributed by atoms with van der Waals surface area (Å²) in [5, 5.41) is 0.0117. The summed E-state index contributed by atoms with van der Waals surface area (Å²) >= 11 is 6.14. The van der Waals surface area contributed by atoms with Gasteiger partial charge in [0.05, 0.1) is 16.2 Å². The van der Waals surface area contributed by atoms with Crippen molar-refractivity contribution in [1.82, 2.24) is 4.57 Å². The first-order valence-corrected chi connectivity index (χ1v) is 8.95. The Morgan fingerprint density at radius 2 is 1.79 bits per heavy atom. The Morgan fingerprint density at radius 3 is 2.42 bits per heavy atom. The van der Waals surface area contributed by atoms with Crippen LogP contribution in [0.25, 0.3) is 11.1 Å². The van der Waals surface area contributed by atoms with Crippen LogP contribution in [0, 0.1) is 13.8 Å². The number of sulfonamides is 1. The molecule has 0 saturated heterocycles. The van der Waals surface area contributed by atoms with Gasteiger partial charge in [-0.25, -0.2) is 13.2 Å². The molecule has 0 spiro atoms. The number of aryl methyl sites for hydroxylation is 3. The van der Waals surface area contributed by atoms with Crippen molar-refractivity contribution in [3.05, 3.63) is 57.0 Å². The Morgan fingerprint density at radius 1 is 1.17 bits per heavy atom. The summed E-state index contributed by atoms with van der Waals surface area (Å²) in [6, 6.07) is 8.13. The van der Waals surface area contributed by atoms with E-state index in [1.807, 2.05) is 32.0 Å². The minimum absolute atomic E-state index is 0.0117. The Kier molecular flexibility index (Phi) is 3.93. The summed E-state index contributed by atoms with van der Waals surface area (Å²) in [5.74, 6) is -0.585. The highest BCUT2D eigenvalue weighted by molar-refractivity contribution is 7.92. The largest absolute Gasteiger partial charge is 0.419 e. The van der Waals surface area contributed by atoms with Crippen molar-refractivity contribution in [3.8, 4) is 0 Å². The summed E-state index contributed by atoms with van der Waals surface area (Å²) in [7, 11) is -2.42. The standard InChI is InChI=1S/C16H15ClN2O4S/c1-9-5-4-6-10(2)15(9)18-24(21,22)14-8-13-12(7-11(14)17)19(3)16(20)23-13/h4-8,18H,1-3H3. The summed E-state index contributed by atoms with van der Waals surface area (Å²) in [6.45, 7) is 3.62. The Hall–Kier alpha value is -2.25. The van der Waals surface area contributed by atoms with Crippen LogP contribution >= 0.6 is 11.6 Å². The van der Waals surface area contributed by atoms with Gasteiger partial charge in [0.2, 0.25) is 0 Å². The second kappa shape index (κ2) is 5.68. The second-order valence-corrected chi connectivity index (χ2v) is 7.61. The first-order chi connectivity index (χ1) is 11.2. The number of anilines is 1. The molecule has 6 nitrogen and oxygen atoms in total. The maximum atomic E-state index is 12.7. The lowest BCUT2D eigenvalue weighted by Gasteiger charge is -2.14. The van der Waals surface area contributed by atoms with E-state index < -0.39 is 15.8 Å². The van der Waals surface area contributed by atoms with E-state index in [-0.39, 0.29) is 15.5 Å². The van der Waals surface area contributed by atoms with E-state index >= 15 is 0 Å². The van der Waals surface area contributed by atoms with Crippen LogP contribution in [0.4, 0.5) is 5.69 Å². The van der Waals surface area contributed by atoms with E-state index in [1.54, 1.807) is 0 Å². The van der Waals surface area contributed by atoms with Crippen molar-refractivity contribution in [2.45, 2.75) is 18.7 Å². The van der Waals surface area contributed by atoms with Crippen LogP contribution < -0.4 is 10.5 Å². The molecule has 3 aromatic rings. The summed E-state index contributed by atoms with van der Waals surface area (Å²) in [5.41, 5.74) is 2.68. The summed E-state index contributed by atoms with van der Waals surface area (Å²) in [6.07, 6.45) is 0. The molecule has 0 atom stereocenters. The molecular weight excluding hydrogens is 352 g/mol. The quantitative estimate of drug-likeness (QED) is 0.771. The van der Waals surface area contributed by atoms with Crippen LogP contribution in [-0.4, -0.2) is 13.0 Å². The number of oxazole rings is 1. The zero-order chi connectivity index (χ0) is 17.6. The Bertz CT molecular complexity index is 1090. The monoisotopic (exact) mass is 366 g/mol. The fourth-order valence-electron chi connectivity index (χ4n) is 2.50. The van der Waals surface area contributed by atoms with Crippen molar-refractivity contribution in [3.63, 3.8) is 0 Å². The van der Waals surface area contributed by atoms with Crippen molar-refractivity contribution in [1.29, 1.82) is 0 Å². The molecule has 8 heteroatoms. The maximum Gasteiger partial charge on any atom is 0.419 e. The molecule has 0 amide bonds. The first-order valence-electron chi connectivity index (χ1n) is 7.09. The van der Waals surface area contributed by atoms with E-state index in [0.29, 0.717) is 11.2 Å². The highest BCUT2D eigenvalue weighted by Crippen LogP contribution is 2.30. The van der Waals surface area contributed by atoms with Crippen LogP contribution in [0.3, 0.4) is 0 Å². The van der Waals surface area contributed by atoms with Gasteiger partial charge in [-0.1, -0.05) is 29.8 Å². The second-order valence-electron chi connectivity index (χ2n) is 5.55. The highest BCUT2D eigenvalue weighted by atomic mass is 35.5. The van der Waals surface area contributed by atoms with E-state index in [1.165, 1.54) is 23.7 Å². The average Bonchev–Trinajstić information content (AvgIpc) is 2.77. The van der Waals surface area contributed by atoms with Gasteiger partial charge in [-0.05, 0) is 31.0 Å². The number of fused-ring (bicyclic) bond motifs is 1. The smallest absolute Gasteiger partial charge is 0.408 e. The lowest BCUT2D eigenvalue weighted by atomic mass is 10.1. The lowest BCUT2D eigenvalue weighted by molar-refractivity contribution is 0.527. The molecule has 126 valence electrons. The Labute approximate surface area is 143 Å². The molecule has 0 aliphatic rings. The molecule has 0 radical (unpaired) electrons. The fraction of sp³-hybridized carbons (Fsp3) is 0.188. The molecule has 0 aliphatic carbocycles. The van der Waals surface area contributed by atoms with Gasteiger partial charge in [-0.3, -0.25) is 9.29 Å². The minimum Gasteiger partial charge on any atom is -0.408 e. The number of halogens is 1. The maximum absolute atomic E-state index is 12.7. The third kappa shape index (κ3) is 2.70. The summed E-state index contributed by atoms with van der Waals surface area (Å²) in [4.78, 5) is 11.4. The average molecular weight is 367 g/mol. The molecule has 1 N–H and O–H groups in total. The normalized spacial score (nSPS) is 11.8. The third-order valence-electron chi connectivity index (χ3n) is 3.85. The predicted molar refractivity (Wildman–Crippen MR) is 93.2 cm³/mol. The molecule has 1 aromatic heterocycles. The molecule has 0 aliphatic heterocycles. The minimum atomic E-state index is -3.94. The van der Waals surface area contributed by atoms with Crippen LogP contribution in [-0.2, 0) is 17.1 Å². The number of rotatable bonds is 3. The van der Waals surface area contributed by atoms with Gasteiger partial charge >= 0.3 is 5.76 Å². The number of nitrogens with one attached hydrogen (secondary N) is 1. The van der Waals surface area contributed by atoms with Crippen LogP contribution in [0.5, 0.6) is 0 Å². The predicted octanol–water partition coefficient (Wildman–Crippen LogP) is 3.20. The number of para-hydroxylation sites is 1. The van der Waals surface area contributed by atoms with Crippen LogP contribution in [0.15, 0.2) is 44.4 Å². The summed E-state index contributed by atoms with van der Waals surface area (Å²) < 4.78 is 34.3. The van der Waals surface area contributed by atoms with Crippen molar-refractivity contribution in [2.24, 2.45) is 7.05 Å². The van der Waals surface area contributed by atoms with Gasteiger partial charge < -0.3 is 4.42 Å².